The summed E-state index contributed by atoms with van der Waals surface area (Å²) in [5.41, 5.74) is 2.00. The molecular formula is C18H20ClN3O2. The van der Waals surface area contributed by atoms with Gasteiger partial charge in [0.2, 0.25) is 11.8 Å². The molecule has 6 heteroatoms. The standard InChI is InChI=1S/C18H20ClN3O2/c1-12(2)18(24)21-14-7-5-6-13(10-14)20-11-17(23)22-16-9-4-3-8-15(16)19/h3-10,12,20H,11H2,1-2H3,(H,21,24)(H,22,23). The Morgan fingerprint density at radius 2 is 1.71 bits per heavy atom. The van der Waals surface area contributed by atoms with Crippen LogP contribution in [-0.4, -0.2) is 18.4 Å². The van der Waals surface area contributed by atoms with Gasteiger partial charge in [0.15, 0.2) is 0 Å². The van der Waals surface area contributed by atoms with Crippen LogP contribution in [0.3, 0.4) is 0 Å². The zero-order chi connectivity index (χ0) is 17.5. The van der Waals surface area contributed by atoms with Gasteiger partial charge < -0.3 is 16.0 Å². The van der Waals surface area contributed by atoms with Gasteiger partial charge in [-0.1, -0.05) is 43.6 Å². The molecule has 0 atom stereocenters. The first-order chi connectivity index (χ1) is 11.5. The molecule has 0 fully saturated rings. The maximum absolute atomic E-state index is 12.0. The fourth-order valence-corrected chi connectivity index (χ4v) is 2.12. The van der Waals surface area contributed by atoms with Gasteiger partial charge in [-0.2, -0.15) is 0 Å². The van der Waals surface area contributed by atoms with Crippen LogP contribution in [-0.2, 0) is 9.59 Å². The van der Waals surface area contributed by atoms with Gasteiger partial charge in [0.1, 0.15) is 0 Å². The number of carbonyl (C=O) groups excluding carboxylic acids is 2. The lowest BCUT2D eigenvalue weighted by Crippen LogP contribution is -2.22. The summed E-state index contributed by atoms with van der Waals surface area (Å²) < 4.78 is 0. The number of benzene rings is 2. The van der Waals surface area contributed by atoms with Gasteiger partial charge in [-0.3, -0.25) is 9.59 Å². The SMILES string of the molecule is CC(C)C(=O)Nc1cccc(NCC(=O)Nc2ccccc2Cl)c1. The highest BCUT2D eigenvalue weighted by molar-refractivity contribution is 6.33. The number of hydrogen-bond acceptors (Lipinski definition) is 3. The van der Waals surface area contributed by atoms with Crippen molar-refractivity contribution in [3.8, 4) is 0 Å². The minimum atomic E-state index is -0.209. The molecule has 0 aromatic heterocycles. The van der Waals surface area contributed by atoms with Crippen LogP contribution in [0.4, 0.5) is 17.1 Å². The maximum Gasteiger partial charge on any atom is 0.243 e. The van der Waals surface area contributed by atoms with Crippen molar-refractivity contribution in [2.75, 3.05) is 22.5 Å². The summed E-state index contributed by atoms with van der Waals surface area (Å²) in [5.74, 6) is -0.355. The molecule has 0 heterocycles. The van der Waals surface area contributed by atoms with Crippen LogP contribution in [0.25, 0.3) is 0 Å². The summed E-state index contributed by atoms with van der Waals surface area (Å²) in [5, 5.41) is 9.07. The van der Waals surface area contributed by atoms with Crippen LogP contribution in [0.5, 0.6) is 0 Å². The molecule has 2 aromatic carbocycles. The molecule has 0 saturated carbocycles. The first kappa shape index (κ1) is 17.8. The molecule has 0 spiro atoms. The summed E-state index contributed by atoms with van der Waals surface area (Å²) in [6, 6.07) is 14.3. The number of amides is 2. The summed E-state index contributed by atoms with van der Waals surface area (Å²) in [4.78, 5) is 23.7. The number of nitrogens with one attached hydrogen (secondary N) is 3. The smallest absolute Gasteiger partial charge is 0.243 e. The van der Waals surface area contributed by atoms with Gasteiger partial charge in [0, 0.05) is 17.3 Å². The molecule has 0 aliphatic carbocycles. The van der Waals surface area contributed by atoms with Crippen LogP contribution >= 0.6 is 11.6 Å². The van der Waals surface area contributed by atoms with E-state index in [0.717, 1.165) is 5.69 Å². The van der Waals surface area contributed by atoms with Gasteiger partial charge >= 0.3 is 0 Å². The highest BCUT2D eigenvalue weighted by Crippen LogP contribution is 2.20. The predicted molar refractivity (Wildman–Crippen MR) is 98.5 cm³/mol. The molecule has 126 valence electrons. The molecule has 2 rings (SSSR count). The van der Waals surface area contributed by atoms with Gasteiger partial charge in [0.25, 0.3) is 0 Å². The van der Waals surface area contributed by atoms with E-state index >= 15 is 0 Å². The molecule has 5 nitrogen and oxygen atoms in total. The van der Waals surface area contributed by atoms with Gasteiger partial charge in [0.05, 0.1) is 17.3 Å². The number of carbonyl (C=O) groups is 2. The van der Waals surface area contributed by atoms with Crippen molar-refractivity contribution in [2.45, 2.75) is 13.8 Å². The minimum absolute atomic E-state index is 0.0522. The lowest BCUT2D eigenvalue weighted by Gasteiger charge is -2.11. The Hall–Kier alpha value is -2.53. The summed E-state index contributed by atoms with van der Waals surface area (Å²) in [6.45, 7) is 3.75. The second kappa shape index (κ2) is 8.36. The van der Waals surface area contributed by atoms with E-state index in [0.29, 0.717) is 16.4 Å². The molecule has 0 unspecified atom stereocenters. The Morgan fingerprint density at radius 3 is 2.42 bits per heavy atom. The van der Waals surface area contributed by atoms with Crippen molar-refractivity contribution in [2.24, 2.45) is 5.92 Å². The second-order valence-electron chi connectivity index (χ2n) is 5.61. The third kappa shape index (κ3) is 5.28. The van der Waals surface area contributed by atoms with E-state index in [1.807, 2.05) is 26.0 Å². The van der Waals surface area contributed by atoms with Crippen molar-refractivity contribution in [3.63, 3.8) is 0 Å². The fourth-order valence-electron chi connectivity index (χ4n) is 1.93. The first-order valence-corrected chi connectivity index (χ1v) is 8.02. The van der Waals surface area contributed by atoms with Gasteiger partial charge in [-0.05, 0) is 30.3 Å². The van der Waals surface area contributed by atoms with Gasteiger partial charge in [-0.15, -0.1) is 0 Å². The van der Waals surface area contributed by atoms with Crippen molar-refractivity contribution in [3.05, 3.63) is 53.6 Å². The third-order valence-electron chi connectivity index (χ3n) is 3.26. The van der Waals surface area contributed by atoms with E-state index in [1.54, 1.807) is 36.4 Å². The molecule has 2 amide bonds. The summed E-state index contributed by atoms with van der Waals surface area (Å²) >= 11 is 6.00. The highest BCUT2D eigenvalue weighted by Gasteiger charge is 2.08. The number of para-hydroxylation sites is 1. The Kier molecular flexibility index (Phi) is 6.21. The quantitative estimate of drug-likeness (QED) is 0.741. The first-order valence-electron chi connectivity index (χ1n) is 7.65. The van der Waals surface area contributed by atoms with E-state index in [4.69, 9.17) is 11.6 Å². The average molecular weight is 346 g/mol. The van der Waals surface area contributed by atoms with Crippen LogP contribution < -0.4 is 16.0 Å². The Morgan fingerprint density at radius 1 is 1.00 bits per heavy atom. The number of halogens is 1. The Bertz CT molecular complexity index is 732. The minimum Gasteiger partial charge on any atom is -0.376 e. The number of anilines is 3. The largest absolute Gasteiger partial charge is 0.376 e. The van der Waals surface area contributed by atoms with Crippen LogP contribution in [0, 0.1) is 5.92 Å². The number of hydrogen-bond donors (Lipinski definition) is 3. The monoisotopic (exact) mass is 345 g/mol. The fraction of sp³-hybridized carbons (Fsp3) is 0.222. The topological polar surface area (TPSA) is 70.2 Å². The zero-order valence-electron chi connectivity index (χ0n) is 13.6. The molecule has 0 bridgehead atoms. The van der Waals surface area contributed by atoms with E-state index in [2.05, 4.69) is 16.0 Å². The molecule has 24 heavy (non-hydrogen) atoms. The Balaban J connectivity index is 1.91. The van der Waals surface area contributed by atoms with Gasteiger partial charge in [-0.25, -0.2) is 0 Å². The van der Waals surface area contributed by atoms with E-state index < -0.39 is 0 Å². The van der Waals surface area contributed by atoms with Crippen LogP contribution in [0.15, 0.2) is 48.5 Å². The Labute approximate surface area is 146 Å². The second-order valence-corrected chi connectivity index (χ2v) is 6.01. The molecule has 0 saturated heterocycles. The molecule has 0 radical (unpaired) electrons. The van der Waals surface area contributed by atoms with E-state index in [-0.39, 0.29) is 24.3 Å². The average Bonchev–Trinajstić information content (AvgIpc) is 2.55. The maximum atomic E-state index is 12.0. The highest BCUT2D eigenvalue weighted by atomic mass is 35.5. The van der Waals surface area contributed by atoms with Crippen molar-refractivity contribution in [1.82, 2.24) is 0 Å². The molecular weight excluding hydrogens is 326 g/mol. The molecule has 0 aliphatic rings. The lowest BCUT2D eigenvalue weighted by atomic mass is 10.2. The van der Waals surface area contributed by atoms with Crippen molar-refractivity contribution in [1.29, 1.82) is 0 Å². The molecule has 2 aromatic rings. The van der Waals surface area contributed by atoms with Crippen LogP contribution in [0.1, 0.15) is 13.8 Å². The molecule has 0 aliphatic heterocycles. The summed E-state index contributed by atoms with van der Waals surface area (Å²) in [6.07, 6.45) is 0. The normalized spacial score (nSPS) is 10.3. The van der Waals surface area contributed by atoms with E-state index in [1.165, 1.54) is 0 Å². The third-order valence-corrected chi connectivity index (χ3v) is 3.59. The van der Waals surface area contributed by atoms with Crippen molar-refractivity contribution >= 4 is 40.5 Å². The van der Waals surface area contributed by atoms with Crippen molar-refractivity contribution < 1.29 is 9.59 Å². The van der Waals surface area contributed by atoms with Crippen LogP contribution in [0.2, 0.25) is 5.02 Å². The molecule has 3 N–H and O–H groups in total. The zero-order valence-corrected chi connectivity index (χ0v) is 14.4. The summed E-state index contributed by atoms with van der Waals surface area (Å²) in [7, 11) is 0. The number of rotatable bonds is 6. The van der Waals surface area contributed by atoms with E-state index in [9.17, 15) is 9.59 Å². The predicted octanol–water partition coefficient (Wildman–Crippen LogP) is 3.99. The lowest BCUT2D eigenvalue weighted by molar-refractivity contribution is -0.119.